The van der Waals surface area contributed by atoms with Crippen molar-refractivity contribution >= 4 is 41.5 Å². The Hall–Kier alpha value is -2.10. The molecule has 152 valence electrons. The zero-order valence-corrected chi connectivity index (χ0v) is 19.0. The summed E-state index contributed by atoms with van der Waals surface area (Å²) in [6.45, 7) is 7.38. The number of carbonyl (C=O) groups excluding carboxylic acids is 1. The number of guanidine groups is 1. The molecule has 0 saturated carbocycles. The van der Waals surface area contributed by atoms with Crippen molar-refractivity contribution in [3.05, 3.63) is 46.8 Å². The van der Waals surface area contributed by atoms with Gasteiger partial charge in [0.25, 0.3) is 0 Å². The zero-order chi connectivity index (χ0) is 19.4. The van der Waals surface area contributed by atoms with Gasteiger partial charge in [-0.3, -0.25) is 9.79 Å². The molecule has 0 saturated heterocycles. The first-order chi connectivity index (χ1) is 13.0. The number of hydrogen-bond donors (Lipinski definition) is 3. The fourth-order valence-corrected chi connectivity index (χ4v) is 3.67. The minimum atomic E-state index is 0. The monoisotopic (exact) mass is 497 g/mol. The van der Waals surface area contributed by atoms with Crippen LogP contribution in [0.1, 0.15) is 47.8 Å². The van der Waals surface area contributed by atoms with Gasteiger partial charge < -0.3 is 20.5 Å². The van der Waals surface area contributed by atoms with Crippen molar-refractivity contribution in [3.8, 4) is 0 Å². The van der Waals surface area contributed by atoms with Gasteiger partial charge in [-0.05, 0) is 25.5 Å². The maximum absolute atomic E-state index is 12.0. The van der Waals surface area contributed by atoms with Gasteiger partial charge in [-0.1, -0.05) is 30.3 Å². The number of carbonyl (C=O) groups is 1. The van der Waals surface area contributed by atoms with Crippen molar-refractivity contribution in [1.29, 1.82) is 0 Å². The van der Waals surface area contributed by atoms with Gasteiger partial charge >= 0.3 is 0 Å². The molecule has 2 atom stereocenters. The maximum atomic E-state index is 12.0. The second kappa shape index (κ2) is 9.90. The van der Waals surface area contributed by atoms with Gasteiger partial charge in [-0.2, -0.15) is 0 Å². The van der Waals surface area contributed by atoms with E-state index in [1.807, 2.05) is 32.0 Å². The molecule has 0 radical (unpaired) electrons. The van der Waals surface area contributed by atoms with E-state index < -0.39 is 0 Å². The molecule has 0 aliphatic carbocycles. The molecule has 8 heteroatoms. The van der Waals surface area contributed by atoms with E-state index in [1.165, 1.54) is 0 Å². The van der Waals surface area contributed by atoms with E-state index in [9.17, 15) is 4.79 Å². The standard InChI is InChI=1S/C20H27N5O2.HI/c1-12(19-13(2)25-27-14(19)3)10-22-20(21-4)23-11-15-9-18(26)24-17-8-6-5-7-16(15)17;/h5-8,12,15H,9-11H2,1-4H3,(H,24,26)(H2,21,22,23);1H. The number of nitrogens with one attached hydrogen (secondary N) is 3. The minimum Gasteiger partial charge on any atom is -0.361 e. The lowest BCUT2D eigenvalue weighted by Gasteiger charge is -2.26. The second-order valence-electron chi connectivity index (χ2n) is 7.01. The highest BCUT2D eigenvalue weighted by Gasteiger charge is 2.25. The van der Waals surface area contributed by atoms with Gasteiger partial charge in [0.1, 0.15) is 5.76 Å². The van der Waals surface area contributed by atoms with Crippen LogP contribution in [0.4, 0.5) is 5.69 Å². The molecule has 7 nitrogen and oxygen atoms in total. The van der Waals surface area contributed by atoms with Gasteiger partial charge in [0.05, 0.1) is 5.69 Å². The smallest absolute Gasteiger partial charge is 0.225 e. The summed E-state index contributed by atoms with van der Waals surface area (Å²) in [6.07, 6.45) is 0.469. The average molecular weight is 497 g/mol. The number of para-hydroxylation sites is 1. The highest BCUT2D eigenvalue weighted by molar-refractivity contribution is 14.0. The van der Waals surface area contributed by atoms with Crippen LogP contribution in [-0.4, -0.2) is 37.2 Å². The van der Waals surface area contributed by atoms with Gasteiger partial charge in [0.2, 0.25) is 5.91 Å². The Bertz CT molecular complexity index is 829. The van der Waals surface area contributed by atoms with Crippen molar-refractivity contribution in [3.63, 3.8) is 0 Å². The Labute approximate surface area is 182 Å². The summed E-state index contributed by atoms with van der Waals surface area (Å²) in [7, 11) is 1.75. The molecule has 3 N–H and O–H groups in total. The zero-order valence-electron chi connectivity index (χ0n) is 16.7. The molecule has 3 rings (SSSR count). The summed E-state index contributed by atoms with van der Waals surface area (Å²) in [5, 5.41) is 13.7. The van der Waals surface area contributed by atoms with E-state index in [0.717, 1.165) is 34.2 Å². The third-order valence-corrected chi connectivity index (χ3v) is 5.00. The van der Waals surface area contributed by atoms with E-state index >= 15 is 0 Å². The van der Waals surface area contributed by atoms with Crippen LogP contribution in [0, 0.1) is 13.8 Å². The Morgan fingerprint density at radius 3 is 2.79 bits per heavy atom. The van der Waals surface area contributed by atoms with Crippen LogP contribution in [0.15, 0.2) is 33.8 Å². The molecule has 0 fully saturated rings. The first-order valence-electron chi connectivity index (χ1n) is 9.25. The number of halogens is 1. The molecule has 0 bridgehead atoms. The first-order valence-corrected chi connectivity index (χ1v) is 9.25. The Balaban J connectivity index is 0.00000280. The number of aryl methyl sites for hydroxylation is 2. The fraction of sp³-hybridized carbons (Fsp3) is 0.450. The van der Waals surface area contributed by atoms with Gasteiger partial charge in [-0.25, -0.2) is 0 Å². The number of aromatic nitrogens is 1. The van der Waals surface area contributed by atoms with Crippen molar-refractivity contribution in [1.82, 2.24) is 15.8 Å². The van der Waals surface area contributed by atoms with Crippen molar-refractivity contribution in [2.24, 2.45) is 4.99 Å². The molecule has 28 heavy (non-hydrogen) atoms. The number of benzene rings is 1. The van der Waals surface area contributed by atoms with Crippen molar-refractivity contribution < 1.29 is 9.32 Å². The molecule has 2 aromatic rings. The average Bonchev–Trinajstić information content (AvgIpc) is 2.99. The number of anilines is 1. The molecular formula is C20H28IN5O2. The molecule has 1 aliphatic rings. The molecule has 1 amide bonds. The predicted octanol–water partition coefficient (Wildman–Crippen LogP) is 3.30. The van der Waals surface area contributed by atoms with Crippen LogP contribution in [0.3, 0.4) is 0 Å². The summed E-state index contributed by atoms with van der Waals surface area (Å²) < 4.78 is 5.26. The van der Waals surface area contributed by atoms with E-state index in [1.54, 1.807) is 7.05 Å². The van der Waals surface area contributed by atoms with Crippen LogP contribution in [0.5, 0.6) is 0 Å². The van der Waals surface area contributed by atoms with Crippen LogP contribution >= 0.6 is 24.0 Å². The van der Waals surface area contributed by atoms with E-state index in [0.29, 0.717) is 19.5 Å². The largest absolute Gasteiger partial charge is 0.361 e. The highest BCUT2D eigenvalue weighted by Crippen LogP contribution is 2.31. The van der Waals surface area contributed by atoms with E-state index in [-0.39, 0.29) is 41.7 Å². The summed E-state index contributed by atoms with van der Waals surface area (Å²) >= 11 is 0. The fourth-order valence-electron chi connectivity index (χ4n) is 3.67. The number of fused-ring (bicyclic) bond motifs is 1. The Kier molecular flexibility index (Phi) is 7.85. The first kappa shape index (κ1) is 22.2. The summed E-state index contributed by atoms with van der Waals surface area (Å²) in [6, 6.07) is 7.95. The molecular weight excluding hydrogens is 469 g/mol. The lowest BCUT2D eigenvalue weighted by Crippen LogP contribution is -2.42. The summed E-state index contributed by atoms with van der Waals surface area (Å²) in [5.74, 6) is 1.99. The number of rotatable bonds is 5. The third kappa shape index (κ3) is 5.03. The van der Waals surface area contributed by atoms with Gasteiger partial charge in [0, 0.05) is 49.6 Å². The van der Waals surface area contributed by atoms with E-state index in [2.05, 4.69) is 39.1 Å². The highest BCUT2D eigenvalue weighted by atomic mass is 127. The number of aliphatic imine (C=N–C) groups is 1. The molecule has 1 aromatic carbocycles. The minimum absolute atomic E-state index is 0. The predicted molar refractivity (Wildman–Crippen MR) is 122 cm³/mol. The summed E-state index contributed by atoms with van der Waals surface area (Å²) in [5.41, 5.74) is 4.12. The lowest BCUT2D eigenvalue weighted by molar-refractivity contribution is -0.116. The van der Waals surface area contributed by atoms with Crippen molar-refractivity contribution in [2.45, 2.75) is 39.0 Å². The van der Waals surface area contributed by atoms with Crippen LogP contribution < -0.4 is 16.0 Å². The van der Waals surface area contributed by atoms with Crippen molar-refractivity contribution in [2.75, 3.05) is 25.5 Å². The van der Waals surface area contributed by atoms with Crippen LogP contribution in [0.25, 0.3) is 0 Å². The quantitative estimate of drug-likeness (QED) is 0.335. The molecule has 2 unspecified atom stereocenters. The second-order valence-corrected chi connectivity index (χ2v) is 7.01. The van der Waals surface area contributed by atoms with Gasteiger partial charge in [-0.15, -0.1) is 24.0 Å². The molecule has 1 aliphatic heterocycles. The summed E-state index contributed by atoms with van der Waals surface area (Å²) in [4.78, 5) is 16.3. The topological polar surface area (TPSA) is 91.6 Å². The molecule has 1 aromatic heterocycles. The normalized spacial score (nSPS) is 17.2. The molecule has 0 spiro atoms. The van der Waals surface area contributed by atoms with E-state index in [4.69, 9.17) is 4.52 Å². The Morgan fingerprint density at radius 1 is 1.36 bits per heavy atom. The third-order valence-electron chi connectivity index (χ3n) is 5.00. The van der Waals surface area contributed by atoms with Crippen LogP contribution in [0.2, 0.25) is 0 Å². The van der Waals surface area contributed by atoms with Gasteiger partial charge in [0.15, 0.2) is 5.96 Å². The molecule has 2 heterocycles. The number of amides is 1. The maximum Gasteiger partial charge on any atom is 0.225 e. The lowest BCUT2D eigenvalue weighted by atomic mass is 9.90. The van der Waals surface area contributed by atoms with Crippen LogP contribution in [-0.2, 0) is 4.79 Å². The number of hydrogen-bond acceptors (Lipinski definition) is 4. The Morgan fingerprint density at radius 2 is 2.11 bits per heavy atom. The SMILES string of the molecule is CN=C(NCC(C)c1c(C)noc1C)NCC1CC(=O)Nc2ccccc21.I. The number of nitrogens with zero attached hydrogens (tertiary/aromatic N) is 2.